The average Bonchev–Trinajstić information content (AvgIpc) is 2.41. The van der Waals surface area contributed by atoms with Gasteiger partial charge in [0.2, 0.25) is 0 Å². The lowest BCUT2D eigenvalue weighted by molar-refractivity contribution is -0.385. The summed E-state index contributed by atoms with van der Waals surface area (Å²) in [7, 11) is 0. The van der Waals surface area contributed by atoms with E-state index in [0.29, 0.717) is 19.7 Å². The first-order chi connectivity index (χ1) is 9.11. The van der Waals surface area contributed by atoms with E-state index in [4.69, 9.17) is 10.5 Å². The van der Waals surface area contributed by atoms with E-state index in [-0.39, 0.29) is 29.1 Å². The maximum atomic E-state index is 10.9. The Bertz CT molecular complexity index is 470. The van der Waals surface area contributed by atoms with Crippen molar-refractivity contribution in [1.82, 2.24) is 4.90 Å². The first-order valence-electron chi connectivity index (χ1n) is 6.38. The van der Waals surface area contributed by atoms with Gasteiger partial charge in [0.1, 0.15) is 0 Å². The van der Waals surface area contributed by atoms with E-state index in [0.717, 1.165) is 24.2 Å². The van der Waals surface area contributed by atoms with E-state index >= 15 is 0 Å². The van der Waals surface area contributed by atoms with E-state index < -0.39 is 0 Å². The minimum Gasteiger partial charge on any atom is -0.374 e. The molecule has 0 spiro atoms. The van der Waals surface area contributed by atoms with Gasteiger partial charge in [-0.25, -0.2) is 0 Å². The number of benzene rings is 1. The molecule has 1 aliphatic rings. The summed E-state index contributed by atoms with van der Waals surface area (Å²) in [6.45, 7) is 5.28. The third kappa shape index (κ3) is 3.89. The lowest BCUT2D eigenvalue weighted by atomic mass is 10.1. The zero-order chi connectivity index (χ0) is 13.8. The Kier molecular flexibility index (Phi) is 6.35. The minimum atomic E-state index is -0.333. The zero-order valence-electron chi connectivity index (χ0n) is 11.4. The third-order valence-electron chi connectivity index (χ3n) is 3.49. The number of rotatable bonds is 4. The predicted molar refractivity (Wildman–Crippen MR) is 79.2 cm³/mol. The standard InChI is InChI=1S/C13H19N3O3.ClH/c1-10-11(3-2-4-13(10)16(17)18)8-15-5-6-19-12(7-14)9-15;/h2-4,12H,5-9,14H2,1H3;1H. The fourth-order valence-corrected chi connectivity index (χ4v) is 2.35. The van der Waals surface area contributed by atoms with Crippen LogP contribution >= 0.6 is 12.4 Å². The number of nitrogens with zero attached hydrogens (tertiary/aromatic N) is 2. The summed E-state index contributed by atoms with van der Waals surface area (Å²) in [4.78, 5) is 12.8. The second-order valence-electron chi connectivity index (χ2n) is 4.78. The van der Waals surface area contributed by atoms with Crippen molar-refractivity contribution in [3.63, 3.8) is 0 Å². The molecule has 2 rings (SSSR count). The number of halogens is 1. The molecule has 1 unspecified atom stereocenters. The Hall–Kier alpha value is -1.21. The van der Waals surface area contributed by atoms with Crippen LogP contribution in [0.25, 0.3) is 0 Å². The van der Waals surface area contributed by atoms with Crippen molar-refractivity contribution in [1.29, 1.82) is 0 Å². The summed E-state index contributed by atoms with van der Waals surface area (Å²) in [5.74, 6) is 0. The molecule has 0 aromatic heterocycles. The highest BCUT2D eigenvalue weighted by molar-refractivity contribution is 5.85. The Morgan fingerprint density at radius 3 is 2.95 bits per heavy atom. The zero-order valence-corrected chi connectivity index (χ0v) is 12.3. The molecule has 1 atom stereocenters. The Morgan fingerprint density at radius 2 is 2.30 bits per heavy atom. The average molecular weight is 302 g/mol. The highest BCUT2D eigenvalue weighted by atomic mass is 35.5. The molecule has 0 radical (unpaired) electrons. The van der Waals surface area contributed by atoms with Gasteiger partial charge in [0, 0.05) is 37.8 Å². The van der Waals surface area contributed by atoms with Crippen LogP contribution in [0.4, 0.5) is 5.69 Å². The SMILES string of the molecule is Cc1c(CN2CCOC(CN)C2)cccc1[N+](=O)[O-].Cl. The topological polar surface area (TPSA) is 81.6 Å². The van der Waals surface area contributed by atoms with Crippen molar-refractivity contribution >= 4 is 18.1 Å². The Morgan fingerprint density at radius 1 is 1.55 bits per heavy atom. The Labute approximate surface area is 124 Å². The summed E-state index contributed by atoms with van der Waals surface area (Å²) >= 11 is 0. The summed E-state index contributed by atoms with van der Waals surface area (Å²) in [6, 6.07) is 5.22. The van der Waals surface area contributed by atoms with E-state index in [1.165, 1.54) is 0 Å². The van der Waals surface area contributed by atoms with Crippen LogP contribution in [-0.4, -0.2) is 42.2 Å². The van der Waals surface area contributed by atoms with Crippen LogP contribution < -0.4 is 5.73 Å². The molecule has 1 aromatic rings. The van der Waals surface area contributed by atoms with Crippen LogP contribution in [0, 0.1) is 17.0 Å². The molecule has 2 N–H and O–H groups in total. The molecule has 0 bridgehead atoms. The first kappa shape index (κ1) is 16.8. The molecule has 7 heteroatoms. The number of morpholine rings is 1. The van der Waals surface area contributed by atoms with Gasteiger partial charge >= 0.3 is 0 Å². The molecule has 0 amide bonds. The van der Waals surface area contributed by atoms with Crippen LogP contribution in [0.15, 0.2) is 18.2 Å². The fraction of sp³-hybridized carbons (Fsp3) is 0.538. The van der Waals surface area contributed by atoms with E-state index in [2.05, 4.69) is 4.90 Å². The van der Waals surface area contributed by atoms with Crippen LogP contribution in [0.2, 0.25) is 0 Å². The van der Waals surface area contributed by atoms with Gasteiger partial charge in [-0.1, -0.05) is 12.1 Å². The van der Waals surface area contributed by atoms with Crippen molar-refractivity contribution < 1.29 is 9.66 Å². The van der Waals surface area contributed by atoms with Crippen LogP contribution in [0.1, 0.15) is 11.1 Å². The summed E-state index contributed by atoms with van der Waals surface area (Å²) in [6.07, 6.45) is 0.0627. The van der Waals surface area contributed by atoms with Gasteiger partial charge in [-0.3, -0.25) is 15.0 Å². The maximum Gasteiger partial charge on any atom is 0.272 e. The van der Waals surface area contributed by atoms with E-state index in [1.807, 2.05) is 6.07 Å². The summed E-state index contributed by atoms with van der Waals surface area (Å²) in [5.41, 5.74) is 7.52. The molecule has 0 saturated carbocycles. The molecule has 6 nitrogen and oxygen atoms in total. The largest absolute Gasteiger partial charge is 0.374 e. The van der Waals surface area contributed by atoms with Gasteiger partial charge in [0.05, 0.1) is 17.6 Å². The molecule has 1 aliphatic heterocycles. The van der Waals surface area contributed by atoms with Crippen LogP contribution in [-0.2, 0) is 11.3 Å². The lowest BCUT2D eigenvalue weighted by Crippen LogP contribution is -2.45. The molecule has 1 heterocycles. The molecule has 112 valence electrons. The van der Waals surface area contributed by atoms with Crippen LogP contribution in [0.3, 0.4) is 0 Å². The van der Waals surface area contributed by atoms with Gasteiger partial charge in [-0.15, -0.1) is 12.4 Å². The lowest BCUT2D eigenvalue weighted by Gasteiger charge is -2.32. The molecule has 20 heavy (non-hydrogen) atoms. The van der Waals surface area contributed by atoms with Crippen molar-refractivity contribution in [2.75, 3.05) is 26.2 Å². The normalized spacial score (nSPS) is 19.4. The molecule has 1 fully saturated rings. The van der Waals surface area contributed by atoms with Gasteiger partial charge in [0.15, 0.2) is 0 Å². The van der Waals surface area contributed by atoms with Gasteiger partial charge < -0.3 is 10.5 Å². The number of hydrogen-bond acceptors (Lipinski definition) is 5. The maximum absolute atomic E-state index is 10.9. The minimum absolute atomic E-state index is 0. The molecule has 1 aromatic carbocycles. The smallest absolute Gasteiger partial charge is 0.272 e. The second kappa shape index (κ2) is 7.54. The molecular formula is C13H20ClN3O3. The van der Waals surface area contributed by atoms with Crippen LogP contribution in [0.5, 0.6) is 0 Å². The van der Waals surface area contributed by atoms with Crippen molar-refractivity contribution in [2.24, 2.45) is 5.73 Å². The van der Waals surface area contributed by atoms with Crippen molar-refractivity contribution in [2.45, 2.75) is 19.6 Å². The molecule has 1 saturated heterocycles. The van der Waals surface area contributed by atoms with E-state index in [1.54, 1.807) is 19.1 Å². The number of nitro benzene ring substituents is 1. The van der Waals surface area contributed by atoms with Gasteiger partial charge in [0.25, 0.3) is 5.69 Å². The number of ether oxygens (including phenoxy) is 1. The number of nitrogens with two attached hydrogens (primary N) is 1. The number of nitro groups is 1. The highest BCUT2D eigenvalue weighted by Crippen LogP contribution is 2.22. The molecular weight excluding hydrogens is 282 g/mol. The Balaban J connectivity index is 0.00000200. The third-order valence-corrected chi connectivity index (χ3v) is 3.49. The fourth-order valence-electron chi connectivity index (χ4n) is 2.35. The van der Waals surface area contributed by atoms with Crippen molar-refractivity contribution in [3.05, 3.63) is 39.4 Å². The number of hydrogen-bond donors (Lipinski definition) is 1. The van der Waals surface area contributed by atoms with Gasteiger partial charge in [-0.2, -0.15) is 0 Å². The summed E-state index contributed by atoms with van der Waals surface area (Å²) in [5, 5.41) is 10.9. The highest BCUT2D eigenvalue weighted by Gasteiger charge is 2.21. The predicted octanol–water partition coefficient (Wildman–Crippen LogP) is 1.48. The second-order valence-corrected chi connectivity index (χ2v) is 4.78. The van der Waals surface area contributed by atoms with E-state index in [9.17, 15) is 10.1 Å². The van der Waals surface area contributed by atoms with Gasteiger partial charge in [-0.05, 0) is 12.5 Å². The summed E-state index contributed by atoms with van der Waals surface area (Å²) < 4.78 is 5.51. The quantitative estimate of drug-likeness (QED) is 0.673. The molecule has 0 aliphatic carbocycles. The first-order valence-corrected chi connectivity index (χ1v) is 6.38. The van der Waals surface area contributed by atoms with Crippen molar-refractivity contribution in [3.8, 4) is 0 Å². The monoisotopic (exact) mass is 301 g/mol.